The second-order valence-corrected chi connectivity index (χ2v) is 5.26. The van der Waals surface area contributed by atoms with Crippen LogP contribution in [-0.2, 0) is 4.74 Å². The Morgan fingerprint density at radius 2 is 1.85 bits per heavy atom. The summed E-state index contributed by atoms with van der Waals surface area (Å²) in [6, 6.07) is 2.00. The monoisotopic (exact) mass is 283 g/mol. The van der Waals surface area contributed by atoms with Crippen molar-refractivity contribution in [2.75, 3.05) is 7.11 Å². The van der Waals surface area contributed by atoms with Crippen molar-refractivity contribution in [2.45, 2.75) is 44.8 Å². The molecular weight excluding hydrogens is 264 g/mol. The van der Waals surface area contributed by atoms with E-state index in [1.807, 2.05) is 0 Å². The summed E-state index contributed by atoms with van der Waals surface area (Å²) in [7, 11) is 1.67. The van der Waals surface area contributed by atoms with E-state index in [4.69, 9.17) is 4.74 Å². The first-order valence-corrected chi connectivity index (χ1v) is 6.80. The third-order valence-electron chi connectivity index (χ3n) is 3.84. The first-order chi connectivity index (χ1) is 9.51. The summed E-state index contributed by atoms with van der Waals surface area (Å²) in [5.41, 5.74) is -0.0402. The van der Waals surface area contributed by atoms with E-state index in [1.165, 1.54) is 6.92 Å². The van der Waals surface area contributed by atoms with Crippen LogP contribution < -0.4 is 5.32 Å². The van der Waals surface area contributed by atoms with E-state index in [2.05, 4.69) is 5.32 Å². The van der Waals surface area contributed by atoms with E-state index in [9.17, 15) is 13.6 Å². The predicted molar refractivity (Wildman–Crippen MR) is 71.6 cm³/mol. The number of halogens is 2. The predicted octanol–water partition coefficient (Wildman–Crippen LogP) is 2.96. The minimum absolute atomic E-state index is 0.00216. The van der Waals surface area contributed by atoms with Crippen LogP contribution in [0, 0.1) is 18.6 Å². The van der Waals surface area contributed by atoms with Crippen molar-refractivity contribution in [3.05, 3.63) is 34.9 Å². The molecule has 1 aliphatic rings. The molecule has 1 fully saturated rings. The van der Waals surface area contributed by atoms with Gasteiger partial charge in [0.1, 0.15) is 11.6 Å². The van der Waals surface area contributed by atoms with Crippen LogP contribution in [0.15, 0.2) is 12.1 Å². The molecule has 5 heteroatoms. The molecule has 3 nitrogen and oxygen atoms in total. The first kappa shape index (κ1) is 14.9. The molecule has 0 aliphatic heterocycles. The van der Waals surface area contributed by atoms with Crippen LogP contribution in [0.4, 0.5) is 8.78 Å². The number of methoxy groups -OCH3 is 1. The fraction of sp³-hybridized carbons (Fsp3) is 0.533. The largest absolute Gasteiger partial charge is 0.381 e. The average Bonchev–Trinajstić information content (AvgIpc) is 2.43. The minimum atomic E-state index is -0.688. The van der Waals surface area contributed by atoms with Crippen LogP contribution in [-0.4, -0.2) is 25.2 Å². The van der Waals surface area contributed by atoms with Crippen molar-refractivity contribution < 1.29 is 18.3 Å². The van der Waals surface area contributed by atoms with E-state index in [0.717, 1.165) is 37.8 Å². The van der Waals surface area contributed by atoms with Gasteiger partial charge in [-0.2, -0.15) is 0 Å². The van der Waals surface area contributed by atoms with Crippen LogP contribution in [0.2, 0.25) is 0 Å². The van der Waals surface area contributed by atoms with Crippen LogP contribution in [0.3, 0.4) is 0 Å². The maximum Gasteiger partial charge on any atom is 0.254 e. The highest BCUT2D eigenvalue weighted by Gasteiger charge is 2.23. The highest BCUT2D eigenvalue weighted by Crippen LogP contribution is 2.21. The zero-order valence-electron chi connectivity index (χ0n) is 11.7. The lowest BCUT2D eigenvalue weighted by Crippen LogP contribution is -2.39. The van der Waals surface area contributed by atoms with Crippen molar-refractivity contribution >= 4 is 5.91 Å². The van der Waals surface area contributed by atoms with Gasteiger partial charge in [0.05, 0.1) is 11.7 Å². The molecule has 0 bridgehead atoms. The number of hydrogen-bond acceptors (Lipinski definition) is 2. The van der Waals surface area contributed by atoms with Gasteiger partial charge in [0.25, 0.3) is 5.91 Å². The second kappa shape index (κ2) is 6.31. The maximum absolute atomic E-state index is 13.7. The quantitative estimate of drug-likeness (QED) is 0.926. The molecule has 1 aliphatic carbocycles. The van der Waals surface area contributed by atoms with E-state index in [1.54, 1.807) is 7.11 Å². The van der Waals surface area contributed by atoms with E-state index in [0.29, 0.717) is 0 Å². The molecule has 1 saturated carbocycles. The van der Waals surface area contributed by atoms with Crippen molar-refractivity contribution in [1.82, 2.24) is 5.32 Å². The molecule has 0 aromatic heterocycles. The topological polar surface area (TPSA) is 38.3 Å². The van der Waals surface area contributed by atoms with Gasteiger partial charge in [-0.1, -0.05) is 0 Å². The zero-order valence-corrected chi connectivity index (χ0v) is 11.7. The molecule has 0 heterocycles. The van der Waals surface area contributed by atoms with Crippen LogP contribution >= 0.6 is 0 Å². The van der Waals surface area contributed by atoms with Gasteiger partial charge in [-0.15, -0.1) is 0 Å². The minimum Gasteiger partial charge on any atom is -0.381 e. The molecule has 1 aromatic rings. The maximum atomic E-state index is 13.7. The number of nitrogens with one attached hydrogen (secondary N) is 1. The van der Waals surface area contributed by atoms with Crippen molar-refractivity contribution in [2.24, 2.45) is 0 Å². The lowest BCUT2D eigenvalue weighted by Gasteiger charge is -2.28. The third kappa shape index (κ3) is 3.33. The Kier molecular flexibility index (Phi) is 4.70. The summed E-state index contributed by atoms with van der Waals surface area (Å²) in [5, 5.41) is 2.77. The Bertz CT molecular complexity index is 497. The van der Waals surface area contributed by atoms with Gasteiger partial charge in [-0.05, 0) is 50.3 Å². The standard InChI is InChI=1S/C15H19F2NO2/c1-9-7-14(17)12(8-13(9)16)15(19)18-10-3-5-11(20-2)6-4-10/h7-8,10-11H,3-6H2,1-2H3,(H,18,19). The van der Waals surface area contributed by atoms with Gasteiger partial charge in [-0.3, -0.25) is 4.79 Å². The molecule has 0 radical (unpaired) electrons. The van der Waals surface area contributed by atoms with E-state index in [-0.39, 0.29) is 23.3 Å². The smallest absolute Gasteiger partial charge is 0.254 e. The Morgan fingerprint density at radius 3 is 2.45 bits per heavy atom. The first-order valence-electron chi connectivity index (χ1n) is 6.80. The van der Waals surface area contributed by atoms with Gasteiger partial charge < -0.3 is 10.1 Å². The molecule has 1 N–H and O–H groups in total. The summed E-state index contributed by atoms with van der Waals surface area (Å²) in [5.74, 6) is -1.81. The van der Waals surface area contributed by atoms with Crippen LogP contribution in [0.1, 0.15) is 41.6 Å². The van der Waals surface area contributed by atoms with Crippen LogP contribution in [0.25, 0.3) is 0 Å². The lowest BCUT2D eigenvalue weighted by molar-refractivity contribution is 0.0598. The number of benzene rings is 1. The highest BCUT2D eigenvalue weighted by atomic mass is 19.1. The normalized spacial score (nSPS) is 22.6. The number of amides is 1. The summed E-state index contributed by atoms with van der Waals surface area (Å²) in [4.78, 5) is 12.0. The van der Waals surface area contributed by atoms with E-state index < -0.39 is 17.5 Å². The van der Waals surface area contributed by atoms with Crippen molar-refractivity contribution in [3.8, 4) is 0 Å². The molecule has 110 valence electrons. The zero-order chi connectivity index (χ0) is 14.7. The lowest BCUT2D eigenvalue weighted by atomic mass is 9.92. The number of carbonyl (C=O) groups is 1. The molecule has 1 amide bonds. The van der Waals surface area contributed by atoms with Gasteiger partial charge in [0.2, 0.25) is 0 Å². The molecule has 1 aromatic carbocycles. The Balaban J connectivity index is 2.01. The SMILES string of the molecule is COC1CCC(NC(=O)c2cc(F)c(C)cc2F)CC1. The van der Waals surface area contributed by atoms with Gasteiger partial charge >= 0.3 is 0 Å². The molecule has 20 heavy (non-hydrogen) atoms. The Morgan fingerprint density at radius 1 is 1.20 bits per heavy atom. The summed E-state index contributed by atoms with van der Waals surface area (Å²) < 4.78 is 32.4. The number of carbonyl (C=O) groups excluding carboxylic acids is 1. The average molecular weight is 283 g/mol. The van der Waals surface area contributed by atoms with Crippen LogP contribution in [0.5, 0.6) is 0 Å². The fourth-order valence-corrected chi connectivity index (χ4v) is 2.53. The van der Waals surface area contributed by atoms with Gasteiger partial charge in [0, 0.05) is 13.2 Å². The molecule has 0 unspecified atom stereocenters. The number of aryl methyl sites for hydroxylation is 1. The van der Waals surface area contributed by atoms with Crippen molar-refractivity contribution in [3.63, 3.8) is 0 Å². The number of hydrogen-bond donors (Lipinski definition) is 1. The van der Waals surface area contributed by atoms with Crippen molar-refractivity contribution in [1.29, 1.82) is 0 Å². The molecule has 0 spiro atoms. The summed E-state index contributed by atoms with van der Waals surface area (Å²) in [6.07, 6.45) is 3.55. The highest BCUT2D eigenvalue weighted by molar-refractivity contribution is 5.94. The third-order valence-corrected chi connectivity index (χ3v) is 3.84. The molecular formula is C15H19F2NO2. The Hall–Kier alpha value is -1.49. The molecule has 0 atom stereocenters. The second-order valence-electron chi connectivity index (χ2n) is 5.26. The molecule has 2 rings (SSSR count). The number of ether oxygens (including phenoxy) is 1. The van der Waals surface area contributed by atoms with Gasteiger partial charge in [0.15, 0.2) is 0 Å². The number of rotatable bonds is 3. The summed E-state index contributed by atoms with van der Waals surface area (Å²) >= 11 is 0. The summed E-state index contributed by atoms with van der Waals surface area (Å²) in [6.45, 7) is 1.46. The van der Waals surface area contributed by atoms with Gasteiger partial charge in [-0.25, -0.2) is 8.78 Å². The Labute approximate surface area is 117 Å². The van der Waals surface area contributed by atoms with E-state index >= 15 is 0 Å². The molecule has 0 saturated heterocycles. The fourth-order valence-electron chi connectivity index (χ4n) is 2.53.